The maximum absolute atomic E-state index is 2.53. The highest BCUT2D eigenvalue weighted by Gasteiger charge is 2.05. The van der Waals surface area contributed by atoms with Crippen LogP contribution in [0.5, 0.6) is 0 Å². The van der Waals surface area contributed by atoms with Crippen molar-refractivity contribution >= 4 is 0 Å². The van der Waals surface area contributed by atoms with E-state index in [-0.39, 0.29) is 0 Å². The van der Waals surface area contributed by atoms with Gasteiger partial charge in [-0.05, 0) is 31.1 Å². The molecule has 0 amide bonds. The molecule has 0 aromatic heterocycles. The van der Waals surface area contributed by atoms with Crippen LogP contribution in [-0.2, 0) is 0 Å². The summed E-state index contributed by atoms with van der Waals surface area (Å²) in [5.74, 6) is 1.81. The molecule has 0 nitrogen and oxygen atoms in total. The van der Waals surface area contributed by atoms with Crippen molar-refractivity contribution in [1.82, 2.24) is 0 Å². The maximum Gasteiger partial charge on any atom is -0.0381 e. The molecular weight excluding hydrogens is 180 g/mol. The molecule has 0 saturated heterocycles. The molecule has 0 rings (SSSR count). The molecule has 0 N–H and O–H groups in total. The molecule has 15 heavy (non-hydrogen) atoms. The van der Waals surface area contributed by atoms with Crippen molar-refractivity contribution < 1.29 is 0 Å². The van der Waals surface area contributed by atoms with E-state index < -0.39 is 0 Å². The van der Waals surface area contributed by atoms with Gasteiger partial charge in [-0.1, -0.05) is 66.2 Å². The van der Waals surface area contributed by atoms with E-state index in [4.69, 9.17) is 0 Å². The molecule has 0 aliphatic carbocycles. The molecule has 1 radical (unpaired) electrons. The molecule has 0 heterocycles. The van der Waals surface area contributed by atoms with Crippen molar-refractivity contribution in [1.29, 1.82) is 0 Å². The van der Waals surface area contributed by atoms with Crippen LogP contribution < -0.4 is 0 Å². The Labute approximate surface area is 97.8 Å². The monoisotopic (exact) mass is 211 g/mol. The van der Waals surface area contributed by atoms with Gasteiger partial charge < -0.3 is 0 Å². The third-order valence-corrected chi connectivity index (χ3v) is 3.24. The predicted octanol–water partition coefficient (Wildman–Crippen LogP) is 5.62. The van der Waals surface area contributed by atoms with E-state index in [1.165, 1.54) is 51.4 Å². The first-order chi connectivity index (χ1) is 7.20. The van der Waals surface area contributed by atoms with Crippen molar-refractivity contribution in [3.05, 3.63) is 6.42 Å². The second kappa shape index (κ2) is 10.5. The number of hydrogen-bond acceptors (Lipinski definition) is 0. The van der Waals surface area contributed by atoms with Crippen LogP contribution in [0.3, 0.4) is 0 Å². The lowest BCUT2D eigenvalue weighted by atomic mass is 9.93. The van der Waals surface area contributed by atoms with Gasteiger partial charge in [-0.2, -0.15) is 0 Å². The Morgan fingerprint density at radius 3 is 1.53 bits per heavy atom. The molecular formula is C15H31. The lowest BCUT2D eigenvalue weighted by molar-refractivity contribution is 0.453. The van der Waals surface area contributed by atoms with Gasteiger partial charge in [0.2, 0.25) is 0 Å². The van der Waals surface area contributed by atoms with Crippen molar-refractivity contribution in [3.8, 4) is 0 Å². The largest absolute Gasteiger partial charge is 0.0654 e. The third kappa shape index (κ3) is 10.3. The first-order valence-electron chi connectivity index (χ1n) is 7.02. The van der Waals surface area contributed by atoms with E-state index in [0.29, 0.717) is 0 Å². The molecule has 0 fully saturated rings. The van der Waals surface area contributed by atoms with E-state index in [2.05, 4.69) is 34.1 Å². The van der Waals surface area contributed by atoms with Gasteiger partial charge in [0.25, 0.3) is 0 Å². The maximum atomic E-state index is 2.53. The Bertz CT molecular complexity index is 103. The van der Waals surface area contributed by atoms with Gasteiger partial charge in [-0.3, -0.25) is 0 Å². The van der Waals surface area contributed by atoms with Crippen molar-refractivity contribution in [2.24, 2.45) is 11.8 Å². The summed E-state index contributed by atoms with van der Waals surface area (Å²) in [5.41, 5.74) is 0. The summed E-state index contributed by atoms with van der Waals surface area (Å²) in [6.45, 7) is 9.35. The highest BCUT2D eigenvalue weighted by atomic mass is 14.1. The molecule has 0 aromatic carbocycles. The van der Waals surface area contributed by atoms with Crippen LogP contribution >= 0.6 is 0 Å². The average Bonchev–Trinajstić information content (AvgIpc) is 2.23. The standard InChI is InChI=1S/C15H31/c1-5-7-10-14(3)12-9-13-15(4)11-8-6-2/h9,14-15H,5-8,10-13H2,1-4H3. The van der Waals surface area contributed by atoms with E-state index >= 15 is 0 Å². The van der Waals surface area contributed by atoms with Gasteiger partial charge in [0.15, 0.2) is 0 Å². The Morgan fingerprint density at radius 1 is 0.800 bits per heavy atom. The lowest BCUT2D eigenvalue weighted by Gasteiger charge is -2.13. The van der Waals surface area contributed by atoms with Crippen LogP contribution in [0, 0.1) is 18.3 Å². The fraction of sp³-hybridized carbons (Fsp3) is 0.933. The Balaban J connectivity index is 3.27. The predicted molar refractivity (Wildman–Crippen MR) is 70.9 cm³/mol. The Kier molecular flexibility index (Phi) is 10.5. The van der Waals surface area contributed by atoms with Crippen LogP contribution in [0.2, 0.25) is 0 Å². The SMILES string of the molecule is CCCCC(C)C[CH]CC(C)CCCC. The molecule has 0 aromatic rings. The van der Waals surface area contributed by atoms with Crippen LogP contribution in [0.25, 0.3) is 0 Å². The summed E-state index contributed by atoms with van der Waals surface area (Å²) in [7, 11) is 0. The summed E-state index contributed by atoms with van der Waals surface area (Å²) in [6.07, 6.45) is 13.5. The van der Waals surface area contributed by atoms with Gasteiger partial charge in [-0.15, -0.1) is 0 Å². The fourth-order valence-electron chi connectivity index (χ4n) is 2.01. The van der Waals surface area contributed by atoms with Gasteiger partial charge in [-0.25, -0.2) is 0 Å². The smallest absolute Gasteiger partial charge is 0.0381 e. The fourth-order valence-corrected chi connectivity index (χ4v) is 2.01. The zero-order valence-electron chi connectivity index (χ0n) is 11.4. The minimum absolute atomic E-state index is 0.906. The number of hydrogen-bond donors (Lipinski definition) is 0. The van der Waals surface area contributed by atoms with E-state index in [1.54, 1.807) is 0 Å². The molecule has 0 aliphatic rings. The summed E-state index contributed by atoms with van der Waals surface area (Å²) in [5, 5.41) is 0. The quantitative estimate of drug-likeness (QED) is 0.440. The van der Waals surface area contributed by atoms with Gasteiger partial charge in [0.05, 0.1) is 0 Å². The van der Waals surface area contributed by atoms with Crippen molar-refractivity contribution in [2.75, 3.05) is 0 Å². The molecule has 0 saturated carbocycles. The van der Waals surface area contributed by atoms with E-state index in [0.717, 1.165) is 11.8 Å². The van der Waals surface area contributed by atoms with E-state index in [9.17, 15) is 0 Å². The van der Waals surface area contributed by atoms with Crippen LogP contribution in [0.15, 0.2) is 0 Å². The number of rotatable bonds is 10. The van der Waals surface area contributed by atoms with Gasteiger partial charge in [0, 0.05) is 0 Å². The average molecular weight is 211 g/mol. The molecule has 0 aliphatic heterocycles. The first kappa shape index (κ1) is 15.0. The zero-order chi connectivity index (χ0) is 11.5. The topological polar surface area (TPSA) is 0 Å². The van der Waals surface area contributed by atoms with Crippen LogP contribution in [-0.4, -0.2) is 0 Å². The molecule has 0 spiro atoms. The molecule has 0 heteroatoms. The van der Waals surface area contributed by atoms with Gasteiger partial charge >= 0.3 is 0 Å². The minimum atomic E-state index is 0.906. The first-order valence-corrected chi connectivity index (χ1v) is 7.02. The second-order valence-electron chi connectivity index (χ2n) is 5.25. The molecule has 2 atom stereocenters. The summed E-state index contributed by atoms with van der Waals surface area (Å²) >= 11 is 0. The Morgan fingerprint density at radius 2 is 1.20 bits per heavy atom. The normalized spacial score (nSPS) is 15.2. The highest BCUT2D eigenvalue weighted by Crippen LogP contribution is 2.19. The van der Waals surface area contributed by atoms with Crippen molar-refractivity contribution in [2.45, 2.75) is 79.1 Å². The lowest BCUT2D eigenvalue weighted by Crippen LogP contribution is -1.99. The highest BCUT2D eigenvalue weighted by molar-refractivity contribution is 4.71. The van der Waals surface area contributed by atoms with Gasteiger partial charge in [0.1, 0.15) is 0 Å². The number of unbranched alkanes of at least 4 members (excludes halogenated alkanes) is 2. The third-order valence-electron chi connectivity index (χ3n) is 3.24. The molecule has 2 unspecified atom stereocenters. The molecule has 91 valence electrons. The summed E-state index contributed by atoms with van der Waals surface area (Å²) in [6, 6.07) is 0. The summed E-state index contributed by atoms with van der Waals surface area (Å²) in [4.78, 5) is 0. The van der Waals surface area contributed by atoms with E-state index in [1.807, 2.05) is 0 Å². The Hall–Kier alpha value is 0. The second-order valence-corrected chi connectivity index (χ2v) is 5.25. The zero-order valence-corrected chi connectivity index (χ0v) is 11.4. The van der Waals surface area contributed by atoms with Crippen LogP contribution in [0.1, 0.15) is 79.1 Å². The summed E-state index contributed by atoms with van der Waals surface area (Å²) < 4.78 is 0. The van der Waals surface area contributed by atoms with Crippen molar-refractivity contribution in [3.63, 3.8) is 0 Å². The molecule has 0 bridgehead atoms. The van der Waals surface area contributed by atoms with Crippen LogP contribution in [0.4, 0.5) is 0 Å². The minimum Gasteiger partial charge on any atom is -0.0654 e.